The standard InChI is InChI=1S/C18H23N3/c1-3-6-16-10-14(12-19)11-18(20-16)21-13(2)9-15-7-4-5-8-17(15)21/h4-5,7-8,10-11,13H,3,6,9,12,19H2,1-2H3. The fraction of sp³-hybridized carbons (Fsp3) is 0.389. The van der Waals surface area contributed by atoms with Crippen molar-refractivity contribution in [2.45, 2.75) is 45.7 Å². The van der Waals surface area contributed by atoms with E-state index in [2.05, 4.69) is 55.1 Å². The summed E-state index contributed by atoms with van der Waals surface area (Å²) in [6, 6.07) is 13.3. The fourth-order valence-electron chi connectivity index (χ4n) is 3.17. The number of nitrogens with two attached hydrogens (primary N) is 1. The Morgan fingerprint density at radius 2 is 2.10 bits per heavy atom. The van der Waals surface area contributed by atoms with Crippen LogP contribution in [-0.4, -0.2) is 11.0 Å². The Balaban J connectivity index is 2.05. The average Bonchev–Trinajstić information content (AvgIpc) is 2.83. The van der Waals surface area contributed by atoms with Crippen LogP contribution in [0.2, 0.25) is 0 Å². The van der Waals surface area contributed by atoms with Crippen LogP contribution in [0.4, 0.5) is 11.5 Å². The number of aryl methyl sites for hydroxylation is 1. The van der Waals surface area contributed by atoms with E-state index in [4.69, 9.17) is 10.7 Å². The Bertz CT molecular complexity index is 636. The molecule has 0 radical (unpaired) electrons. The third kappa shape index (κ3) is 2.66. The van der Waals surface area contributed by atoms with Gasteiger partial charge < -0.3 is 10.6 Å². The van der Waals surface area contributed by atoms with Gasteiger partial charge in [0, 0.05) is 24.0 Å². The fourth-order valence-corrected chi connectivity index (χ4v) is 3.17. The lowest BCUT2D eigenvalue weighted by Crippen LogP contribution is -2.25. The Kier molecular flexibility index (Phi) is 3.93. The van der Waals surface area contributed by atoms with Gasteiger partial charge in [-0.2, -0.15) is 0 Å². The molecule has 1 aliphatic rings. The zero-order valence-corrected chi connectivity index (χ0v) is 12.8. The second-order valence-electron chi connectivity index (χ2n) is 5.83. The van der Waals surface area contributed by atoms with Gasteiger partial charge in [0.25, 0.3) is 0 Å². The summed E-state index contributed by atoms with van der Waals surface area (Å²) in [4.78, 5) is 7.23. The molecule has 110 valence electrons. The molecule has 0 bridgehead atoms. The molecule has 1 aromatic carbocycles. The molecule has 1 atom stereocenters. The molecule has 3 nitrogen and oxygen atoms in total. The van der Waals surface area contributed by atoms with E-state index >= 15 is 0 Å². The van der Waals surface area contributed by atoms with Crippen molar-refractivity contribution in [1.82, 2.24) is 4.98 Å². The van der Waals surface area contributed by atoms with Crippen LogP contribution in [0.3, 0.4) is 0 Å². The van der Waals surface area contributed by atoms with Crippen molar-refractivity contribution in [2.24, 2.45) is 5.73 Å². The molecular weight excluding hydrogens is 258 g/mol. The van der Waals surface area contributed by atoms with Crippen LogP contribution in [0.25, 0.3) is 0 Å². The maximum absolute atomic E-state index is 5.87. The van der Waals surface area contributed by atoms with Crippen LogP contribution < -0.4 is 10.6 Å². The quantitative estimate of drug-likeness (QED) is 0.931. The third-order valence-electron chi connectivity index (χ3n) is 4.12. The van der Waals surface area contributed by atoms with E-state index in [1.807, 2.05) is 0 Å². The topological polar surface area (TPSA) is 42.1 Å². The summed E-state index contributed by atoms with van der Waals surface area (Å²) in [5, 5.41) is 0. The Hall–Kier alpha value is -1.87. The number of fused-ring (bicyclic) bond motifs is 1. The SMILES string of the molecule is CCCc1cc(CN)cc(N2c3ccccc3CC2C)n1. The molecule has 0 saturated carbocycles. The Morgan fingerprint density at radius 1 is 1.29 bits per heavy atom. The van der Waals surface area contributed by atoms with Gasteiger partial charge in [-0.15, -0.1) is 0 Å². The van der Waals surface area contributed by atoms with E-state index in [9.17, 15) is 0 Å². The van der Waals surface area contributed by atoms with Crippen LogP contribution in [0.1, 0.15) is 37.1 Å². The molecule has 3 heteroatoms. The smallest absolute Gasteiger partial charge is 0.133 e. The predicted octanol–water partition coefficient (Wildman–Crippen LogP) is 3.58. The van der Waals surface area contributed by atoms with Gasteiger partial charge in [-0.05, 0) is 49.1 Å². The Labute approximate surface area is 126 Å². The monoisotopic (exact) mass is 281 g/mol. The first-order chi connectivity index (χ1) is 10.2. The summed E-state index contributed by atoms with van der Waals surface area (Å²) in [6.45, 7) is 5.01. The molecule has 0 spiro atoms. The van der Waals surface area contributed by atoms with E-state index in [0.29, 0.717) is 12.6 Å². The van der Waals surface area contributed by atoms with E-state index < -0.39 is 0 Å². The minimum absolute atomic E-state index is 0.442. The lowest BCUT2D eigenvalue weighted by molar-refractivity contribution is 0.744. The molecule has 1 aliphatic heterocycles. The van der Waals surface area contributed by atoms with E-state index in [0.717, 1.165) is 30.8 Å². The number of pyridine rings is 1. The van der Waals surface area contributed by atoms with Crippen molar-refractivity contribution in [2.75, 3.05) is 4.90 Å². The minimum Gasteiger partial charge on any atom is -0.326 e. The molecule has 0 amide bonds. The first-order valence-corrected chi connectivity index (χ1v) is 7.80. The first-order valence-electron chi connectivity index (χ1n) is 7.80. The number of hydrogen-bond acceptors (Lipinski definition) is 3. The van der Waals surface area contributed by atoms with Gasteiger partial charge in [0.1, 0.15) is 5.82 Å². The second kappa shape index (κ2) is 5.86. The average molecular weight is 281 g/mol. The molecule has 1 aromatic heterocycles. The summed E-state index contributed by atoms with van der Waals surface area (Å²) in [7, 11) is 0. The molecule has 3 rings (SSSR count). The summed E-state index contributed by atoms with van der Waals surface area (Å²) in [6.07, 6.45) is 3.19. The summed E-state index contributed by atoms with van der Waals surface area (Å²) in [5.74, 6) is 1.04. The maximum atomic E-state index is 5.87. The largest absolute Gasteiger partial charge is 0.326 e. The normalized spacial score (nSPS) is 17.1. The van der Waals surface area contributed by atoms with E-state index in [1.165, 1.54) is 16.8 Å². The Morgan fingerprint density at radius 3 is 2.86 bits per heavy atom. The molecular formula is C18H23N3. The zero-order chi connectivity index (χ0) is 14.8. The molecule has 2 N–H and O–H groups in total. The highest BCUT2D eigenvalue weighted by Gasteiger charge is 2.27. The number of aromatic nitrogens is 1. The van der Waals surface area contributed by atoms with Gasteiger partial charge >= 0.3 is 0 Å². The van der Waals surface area contributed by atoms with Crippen molar-refractivity contribution < 1.29 is 0 Å². The van der Waals surface area contributed by atoms with Crippen molar-refractivity contribution in [3.63, 3.8) is 0 Å². The number of para-hydroxylation sites is 1. The lowest BCUT2D eigenvalue weighted by Gasteiger charge is -2.25. The van der Waals surface area contributed by atoms with Crippen LogP contribution in [0.15, 0.2) is 36.4 Å². The molecule has 21 heavy (non-hydrogen) atoms. The summed E-state index contributed by atoms with van der Waals surface area (Å²) < 4.78 is 0. The number of nitrogens with zero attached hydrogens (tertiary/aromatic N) is 2. The lowest BCUT2D eigenvalue weighted by atomic mass is 10.1. The molecule has 0 fully saturated rings. The van der Waals surface area contributed by atoms with Crippen molar-refractivity contribution in [3.8, 4) is 0 Å². The van der Waals surface area contributed by atoms with Crippen molar-refractivity contribution >= 4 is 11.5 Å². The van der Waals surface area contributed by atoms with Crippen LogP contribution in [-0.2, 0) is 19.4 Å². The van der Waals surface area contributed by atoms with Crippen LogP contribution in [0, 0.1) is 0 Å². The molecule has 2 heterocycles. The minimum atomic E-state index is 0.442. The van der Waals surface area contributed by atoms with Gasteiger partial charge in [-0.3, -0.25) is 0 Å². The number of anilines is 2. The number of rotatable bonds is 4. The van der Waals surface area contributed by atoms with Gasteiger partial charge in [0.15, 0.2) is 0 Å². The van der Waals surface area contributed by atoms with Gasteiger partial charge in [0.05, 0.1) is 0 Å². The summed E-state index contributed by atoms with van der Waals surface area (Å²) in [5.41, 5.74) is 10.9. The molecule has 1 unspecified atom stereocenters. The highest BCUT2D eigenvalue weighted by Crippen LogP contribution is 2.37. The van der Waals surface area contributed by atoms with Crippen LogP contribution in [0.5, 0.6) is 0 Å². The third-order valence-corrected chi connectivity index (χ3v) is 4.12. The summed E-state index contributed by atoms with van der Waals surface area (Å²) >= 11 is 0. The highest BCUT2D eigenvalue weighted by molar-refractivity contribution is 5.69. The van der Waals surface area contributed by atoms with Gasteiger partial charge in [0.2, 0.25) is 0 Å². The molecule has 0 aliphatic carbocycles. The first kappa shape index (κ1) is 14.1. The molecule has 2 aromatic rings. The number of hydrogen-bond donors (Lipinski definition) is 1. The highest BCUT2D eigenvalue weighted by atomic mass is 15.2. The maximum Gasteiger partial charge on any atom is 0.133 e. The van der Waals surface area contributed by atoms with Crippen LogP contribution >= 0.6 is 0 Å². The van der Waals surface area contributed by atoms with E-state index in [1.54, 1.807) is 0 Å². The van der Waals surface area contributed by atoms with Crippen molar-refractivity contribution in [1.29, 1.82) is 0 Å². The van der Waals surface area contributed by atoms with Crippen molar-refractivity contribution in [3.05, 3.63) is 53.2 Å². The number of benzene rings is 1. The van der Waals surface area contributed by atoms with Gasteiger partial charge in [-0.25, -0.2) is 4.98 Å². The zero-order valence-electron chi connectivity index (χ0n) is 12.8. The van der Waals surface area contributed by atoms with E-state index in [-0.39, 0.29) is 0 Å². The molecule has 0 saturated heterocycles. The van der Waals surface area contributed by atoms with Gasteiger partial charge in [-0.1, -0.05) is 31.5 Å². The second-order valence-corrected chi connectivity index (χ2v) is 5.83. The predicted molar refractivity (Wildman–Crippen MR) is 87.9 cm³/mol.